The summed E-state index contributed by atoms with van der Waals surface area (Å²) in [6, 6.07) is 12.3. The minimum atomic E-state index is -0.517. The van der Waals surface area contributed by atoms with Crippen LogP contribution in [0.1, 0.15) is 16.1 Å². The van der Waals surface area contributed by atoms with E-state index in [9.17, 15) is 9.18 Å². The normalized spacial score (nSPS) is 10.7. The van der Waals surface area contributed by atoms with E-state index in [0.29, 0.717) is 5.69 Å². The van der Waals surface area contributed by atoms with Crippen LogP contribution in [0.25, 0.3) is 16.3 Å². The van der Waals surface area contributed by atoms with Crippen molar-refractivity contribution in [2.45, 2.75) is 6.92 Å². The number of nitrogens with zero attached hydrogens (tertiary/aromatic N) is 4. The summed E-state index contributed by atoms with van der Waals surface area (Å²) < 4.78 is 15.6. The Hall–Kier alpha value is -3.39. The highest BCUT2D eigenvalue weighted by molar-refractivity contribution is 7.13. The van der Waals surface area contributed by atoms with Gasteiger partial charge in [-0.2, -0.15) is 5.10 Å². The van der Waals surface area contributed by atoms with Gasteiger partial charge in [0.25, 0.3) is 5.91 Å². The van der Waals surface area contributed by atoms with Crippen molar-refractivity contribution in [2.24, 2.45) is 0 Å². The Labute approximate surface area is 158 Å². The molecule has 2 aromatic carbocycles. The van der Waals surface area contributed by atoms with E-state index in [2.05, 4.69) is 20.4 Å². The fraction of sp³-hybridized carbons (Fsp3) is 0.0526. The number of amides is 1. The lowest BCUT2D eigenvalue weighted by Gasteiger charge is -2.07. The third-order valence-corrected chi connectivity index (χ3v) is 4.80. The summed E-state index contributed by atoms with van der Waals surface area (Å²) in [6.45, 7) is 2.01. The summed E-state index contributed by atoms with van der Waals surface area (Å²) in [5, 5.41) is 9.00. The molecule has 0 radical (unpaired) electrons. The van der Waals surface area contributed by atoms with Crippen molar-refractivity contribution in [3.8, 4) is 16.3 Å². The number of aryl methyl sites for hydroxylation is 1. The van der Waals surface area contributed by atoms with E-state index < -0.39 is 11.7 Å². The molecule has 0 saturated carbocycles. The first-order valence-corrected chi connectivity index (χ1v) is 8.96. The van der Waals surface area contributed by atoms with Gasteiger partial charge in [0.05, 0.1) is 0 Å². The van der Waals surface area contributed by atoms with Crippen LogP contribution in [0.5, 0.6) is 0 Å². The standard InChI is InChI=1S/C19H14FN5OS/c1-12-2-4-13(5-3-12)19-24-16(9-27-19)18(26)23-14-6-7-17(15(20)8-14)25-11-21-10-22-25/h2-11H,1H3,(H,23,26). The lowest BCUT2D eigenvalue weighted by molar-refractivity contribution is 0.102. The number of carbonyl (C=O) groups excluding carboxylic acids is 1. The van der Waals surface area contributed by atoms with Gasteiger partial charge in [0, 0.05) is 16.6 Å². The first-order chi connectivity index (χ1) is 13.1. The molecule has 134 valence electrons. The van der Waals surface area contributed by atoms with Crippen molar-refractivity contribution in [1.29, 1.82) is 0 Å². The first kappa shape index (κ1) is 17.0. The van der Waals surface area contributed by atoms with Crippen LogP contribution in [0, 0.1) is 12.7 Å². The summed E-state index contributed by atoms with van der Waals surface area (Å²) in [5.74, 6) is -0.908. The smallest absolute Gasteiger partial charge is 0.275 e. The van der Waals surface area contributed by atoms with E-state index in [0.717, 1.165) is 16.1 Å². The van der Waals surface area contributed by atoms with Crippen LogP contribution in [-0.2, 0) is 0 Å². The number of hydrogen-bond donors (Lipinski definition) is 1. The van der Waals surface area contributed by atoms with Crippen LogP contribution in [0.2, 0.25) is 0 Å². The quantitative estimate of drug-likeness (QED) is 0.580. The van der Waals surface area contributed by atoms with Gasteiger partial charge in [-0.1, -0.05) is 29.8 Å². The first-order valence-electron chi connectivity index (χ1n) is 8.08. The Bertz CT molecular complexity index is 1090. The van der Waals surface area contributed by atoms with Crippen LogP contribution in [0.15, 0.2) is 60.5 Å². The minimum absolute atomic E-state index is 0.251. The highest BCUT2D eigenvalue weighted by Crippen LogP contribution is 2.25. The average molecular weight is 379 g/mol. The van der Waals surface area contributed by atoms with Gasteiger partial charge < -0.3 is 5.32 Å². The Morgan fingerprint density at radius 1 is 1.19 bits per heavy atom. The van der Waals surface area contributed by atoms with E-state index >= 15 is 0 Å². The molecule has 0 aliphatic carbocycles. The van der Waals surface area contributed by atoms with E-state index in [1.54, 1.807) is 11.4 Å². The second-order valence-corrected chi connectivity index (χ2v) is 6.72. The van der Waals surface area contributed by atoms with Crippen molar-refractivity contribution >= 4 is 22.9 Å². The van der Waals surface area contributed by atoms with Gasteiger partial charge in [0.2, 0.25) is 0 Å². The second kappa shape index (κ2) is 7.08. The molecule has 4 rings (SSSR count). The molecular weight excluding hydrogens is 365 g/mol. The highest BCUT2D eigenvalue weighted by Gasteiger charge is 2.14. The molecule has 1 N–H and O–H groups in total. The molecule has 0 aliphatic heterocycles. The van der Waals surface area contributed by atoms with Gasteiger partial charge in [-0.15, -0.1) is 11.3 Å². The number of nitrogens with one attached hydrogen (secondary N) is 1. The maximum Gasteiger partial charge on any atom is 0.275 e. The van der Waals surface area contributed by atoms with Gasteiger partial charge in [-0.3, -0.25) is 4.79 Å². The molecule has 0 atom stereocenters. The summed E-state index contributed by atoms with van der Waals surface area (Å²) in [7, 11) is 0. The zero-order valence-electron chi connectivity index (χ0n) is 14.3. The monoisotopic (exact) mass is 379 g/mol. The molecule has 0 unspecified atom stereocenters. The molecule has 0 aliphatic rings. The molecule has 0 fully saturated rings. The third-order valence-electron chi connectivity index (χ3n) is 3.91. The largest absolute Gasteiger partial charge is 0.321 e. The van der Waals surface area contributed by atoms with Crippen LogP contribution in [-0.4, -0.2) is 25.7 Å². The van der Waals surface area contributed by atoms with Gasteiger partial charge in [-0.05, 0) is 25.1 Å². The Kier molecular flexibility index (Phi) is 4.47. The molecule has 1 amide bonds. The molecule has 2 aromatic heterocycles. The highest BCUT2D eigenvalue weighted by atomic mass is 32.1. The zero-order valence-corrected chi connectivity index (χ0v) is 15.1. The number of benzene rings is 2. The predicted octanol–water partition coefficient (Wildman–Crippen LogP) is 4.09. The van der Waals surface area contributed by atoms with Crippen molar-refractivity contribution < 1.29 is 9.18 Å². The number of aromatic nitrogens is 4. The SMILES string of the molecule is Cc1ccc(-c2nc(C(=O)Nc3ccc(-n4cncn4)c(F)c3)cs2)cc1. The summed E-state index contributed by atoms with van der Waals surface area (Å²) in [6.07, 6.45) is 2.72. The summed E-state index contributed by atoms with van der Waals surface area (Å²) >= 11 is 1.39. The molecule has 8 heteroatoms. The van der Waals surface area contributed by atoms with Gasteiger partial charge >= 0.3 is 0 Å². The van der Waals surface area contributed by atoms with Crippen molar-refractivity contribution in [1.82, 2.24) is 19.7 Å². The number of halogens is 1. The van der Waals surface area contributed by atoms with Crippen LogP contribution >= 0.6 is 11.3 Å². The number of thiazole rings is 1. The number of anilines is 1. The molecule has 27 heavy (non-hydrogen) atoms. The minimum Gasteiger partial charge on any atom is -0.321 e. The van der Waals surface area contributed by atoms with E-state index in [4.69, 9.17) is 0 Å². The lowest BCUT2D eigenvalue weighted by atomic mass is 10.2. The Morgan fingerprint density at radius 3 is 2.70 bits per heavy atom. The Balaban J connectivity index is 1.51. The maximum absolute atomic E-state index is 14.3. The van der Waals surface area contributed by atoms with Crippen molar-refractivity contribution in [3.63, 3.8) is 0 Å². The maximum atomic E-state index is 14.3. The topological polar surface area (TPSA) is 72.7 Å². The van der Waals surface area contributed by atoms with Crippen molar-refractivity contribution in [3.05, 3.63) is 77.6 Å². The number of rotatable bonds is 4. The lowest BCUT2D eigenvalue weighted by Crippen LogP contribution is -2.12. The summed E-state index contributed by atoms with van der Waals surface area (Å²) in [5.41, 5.74) is 2.99. The fourth-order valence-electron chi connectivity index (χ4n) is 2.50. The Morgan fingerprint density at radius 2 is 2.00 bits per heavy atom. The van der Waals surface area contributed by atoms with Gasteiger partial charge in [0.15, 0.2) is 5.82 Å². The third kappa shape index (κ3) is 3.61. The second-order valence-electron chi connectivity index (χ2n) is 5.86. The molecule has 2 heterocycles. The van der Waals surface area contributed by atoms with Gasteiger partial charge in [-0.25, -0.2) is 19.0 Å². The number of hydrogen-bond acceptors (Lipinski definition) is 5. The van der Waals surface area contributed by atoms with Crippen LogP contribution in [0.4, 0.5) is 10.1 Å². The molecular formula is C19H14FN5OS. The molecule has 0 spiro atoms. The zero-order chi connectivity index (χ0) is 18.8. The van der Waals surface area contributed by atoms with Crippen molar-refractivity contribution in [2.75, 3.05) is 5.32 Å². The van der Waals surface area contributed by atoms with Crippen LogP contribution in [0.3, 0.4) is 0 Å². The predicted molar refractivity (Wildman–Crippen MR) is 102 cm³/mol. The fourth-order valence-corrected chi connectivity index (χ4v) is 3.31. The van der Waals surface area contributed by atoms with E-state index in [-0.39, 0.29) is 11.4 Å². The average Bonchev–Trinajstić information content (AvgIpc) is 3.35. The van der Waals surface area contributed by atoms with Crippen LogP contribution < -0.4 is 5.32 Å². The molecule has 0 bridgehead atoms. The molecule has 4 aromatic rings. The van der Waals surface area contributed by atoms with E-state index in [1.807, 2.05) is 31.2 Å². The molecule has 0 saturated heterocycles. The molecule has 6 nitrogen and oxygen atoms in total. The summed E-state index contributed by atoms with van der Waals surface area (Å²) in [4.78, 5) is 20.6. The number of carbonyl (C=O) groups is 1. The van der Waals surface area contributed by atoms with E-state index in [1.165, 1.54) is 40.8 Å². The van der Waals surface area contributed by atoms with Gasteiger partial charge in [0.1, 0.15) is 29.0 Å².